The summed E-state index contributed by atoms with van der Waals surface area (Å²) in [7, 11) is 0. The fourth-order valence-electron chi connectivity index (χ4n) is 2.28. The molecule has 0 aliphatic heterocycles. The molecule has 0 radical (unpaired) electrons. The highest BCUT2D eigenvalue weighted by Crippen LogP contribution is 2.19. The Morgan fingerprint density at radius 3 is 2.67 bits per heavy atom. The minimum atomic E-state index is 0.141. The molecular weight excluding hydrogens is 302 g/mol. The van der Waals surface area contributed by atoms with Crippen LogP contribution in [0.3, 0.4) is 0 Å². The standard InChI is InChI=1S/C19H19N3O2/c1-3-15-8-10-16(11-9-15)12-20-23-13-18-21-19(22-24-18)17-7-5-4-6-14(17)2/h4-12H,3,13H2,1-2H3/b20-12-. The lowest BCUT2D eigenvalue weighted by Gasteiger charge is -1.98. The Kier molecular flexibility index (Phi) is 5.01. The van der Waals surface area contributed by atoms with E-state index in [4.69, 9.17) is 9.36 Å². The van der Waals surface area contributed by atoms with Crippen molar-refractivity contribution in [2.75, 3.05) is 0 Å². The summed E-state index contributed by atoms with van der Waals surface area (Å²) < 4.78 is 5.20. The van der Waals surface area contributed by atoms with Gasteiger partial charge < -0.3 is 9.36 Å². The van der Waals surface area contributed by atoms with Gasteiger partial charge in [-0.2, -0.15) is 4.98 Å². The van der Waals surface area contributed by atoms with Crippen molar-refractivity contribution in [1.29, 1.82) is 0 Å². The zero-order valence-corrected chi connectivity index (χ0v) is 13.8. The molecule has 0 saturated carbocycles. The van der Waals surface area contributed by atoms with Crippen LogP contribution in [0, 0.1) is 6.92 Å². The molecule has 0 bridgehead atoms. The van der Waals surface area contributed by atoms with Crippen molar-refractivity contribution >= 4 is 6.21 Å². The van der Waals surface area contributed by atoms with E-state index in [0.717, 1.165) is 23.1 Å². The number of hydrogen-bond acceptors (Lipinski definition) is 5. The van der Waals surface area contributed by atoms with E-state index in [-0.39, 0.29) is 6.61 Å². The fourth-order valence-corrected chi connectivity index (χ4v) is 2.28. The molecular formula is C19H19N3O2. The summed E-state index contributed by atoms with van der Waals surface area (Å²) in [6.07, 6.45) is 2.69. The summed E-state index contributed by atoms with van der Waals surface area (Å²) in [6, 6.07) is 16.1. The van der Waals surface area contributed by atoms with E-state index >= 15 is 0 Å². The second-order valence-electron chi connectivity index (χ2n) is 5.43. The van der Waals surface area contributed by atoms with E-state index in [1.165, 1.54) is 5.56 Å². The van der Waals surface area contributed by atoms with Gasteiger partial charge in [0.15, 0.2) is 6.61 Å². The van der Waals surface area contributed by atoms with Gasteiger partial charge in [0.05, 0.1) is 6.21 Å². The first-order valence-electron chi connectivity index (χ1n) is 7.89. The first kappa shape index (κ1) is 15.9. The molecule has 0 fully saturated rings. The maximum Gasteiger partial charge on any atom is 0.267 e. The van der Waals surface area contributed by atoms with Crippen molar-refractivity contribution in [3.05, 3.63) is 71.1 Å². The van der Waals surface area contributed by atoms with Crippen LogP contribution in [0.4, 0.5) is 0 Å². The van der Waals surface area contributed by atoms with Gasteiger partial charge in [-0.15, -0.1) is 0 Å². The van der Waals surface area contributed by atoms with Crippen molar-refractivity contribution in [2.45, 2.75) is 26.9 Å². The zero-order valence-electron chi connectivity index (χ0n) is 13.8. The molecule has 3 aromatic rings. The molecule has 5 heteroatoms. The monoisotopic (exact) mass is 321 g/mol. The number of hydrogen-bond donors (Lipinski definition) is 0. The minimum absolute atomic E-state index is 0.141. The highest BCUT2D eigenvalue weighted by molar-refractivity contribution is 5.79. The summed E-state index contributed by atoms with van der Waals surface area (Å²) >= 11 is 0. The average Bonchev–Trinajstić information content (AvgIpc) is 3.08. The highest BCUT2D eigenvalue weighted by Gasteiger charge is 2.10. The van der Waals surface area contributed by atoms with Gasteiger partial charge in [-0.05, 0) is 30.0 Å². The van der Waals surface area contributed by atoms with Gasteiger partial charge >= 0.3 is 0 Å². The molecule has 2 aromatic carbocycles. The zero-order chi connectivity index (χ0) is 16.8. The van der Waals surface area contributed by atoms with E-state index in [0.29, 0.717) is 11.7 Å². The number of oxime groups is 1. The third kappa shape index (κ3) is 3.87. The summed E-state index contributed by atoms with van der Waals surface area (Å²) in [5, 5.41) is 7.92. The lowest BCUT2D eigenvalue weighted by Crippen LogP contribution is -1.90. The van der Waals surface area contributed by atoms with Crippen LogP contribution in [-0.2, 0) is 17.9 Å². The smallest absolute Gasteiger partial charge is 0.267 e. The number of aromatic nitrogens is 2. The third-order valence-electron chi connectivity index (χ3n) is 3.71. The summed E-state index contributed by atoms with van der Waals surface area (Å²) in [5.74, 6) is 0.956. The van der Waals surface area contributed by atoms with Crippen LogP contribution in [-0.4, -0.2) is 16.4 Å². The summed E-state index contributed by atoms with van der Waals surface area (Å²) in [5.41, 5.74) is 4.33. The van der Waals surface area contributed by atoms with E-state index in [9.17, 15) is 0 Å². The lowest BCUT2D eigenvalue weighted by molar-refractivity contribution is 0.107. The maximum atomic E-state index is 5.23. The van der Waals surface area contributed by atoms with Crippen LogP contribution in [0.5, 0.6) is 0 Å². The minimum Gasteiger partial charge on any atom is -0.386 e. The Balaban J connectivity index is 1.57. The Bertz CT molecular complexity index is 823. The molecule has 0 atom stereocenters. The van der Waals surface area contributed by atoms with Crippen molar-refractivity contribution in [3.63, 3.8) is 0 Å². The molecule has 5 nitrogen and oxygen atoms in total. The predicted octanol–water partition coefficient (Wildman–Crippen LogP) is 4.16. The Labute approximate surface area is 141 Å². The Morgan fingerprint density at radius 1 is 1.12 bits per heavy atom. The third-order valence-corrected chi connectivity index (χ3v) is 3.71. The Hall–Kier alpha value is -2.95. The molecule has 0 unspecified atom stereocenters. The average molecular weight is 321 g/mol. The molecule has 24 heavy (non-hydrogen) atoms. The SMILES string of the molecule is CCc1ccc(/C=N\OCc2nc(-c3ccccc3C)no2)cc1. The number of rotatable bonds is 6. The first-order chi connectivity index (χ1) is 11.8. The molecule has 1 aromatic heterocycles. The van der Waals surface area contributed by atoms with Gasteiger partial charge in [-0.3, -0.25) is 0 Å². The molecule has 0 amide bonds. The molecule has 0 saturated heterocycles. The molecule has 0 aliphatic rings. The largest absolute Gasteiger partial charge is 0.386 e. The molecule has 0 N–H and O–H groups in total. The molecule has 3 rings (SSSR count). The number of aryl methyl sites for hydroxylation is 2. The lowest BCUT2D eigenvalue weighted by atomic mass is 10.1. The summed E-state index contributed by atoms with van der Waals surface area (Å²) in [6.45, 7) is 4.28. The fraction of sp³-hybridized carbons (Fsp3) is 0.211. The number of benzene rings is 2. The second kappa shape index (κ2) is 7.55. The normalized spacial score (nSPS) is 11.1. The van der Waals surface area contributed by atoms with Gasteiger partial charge in [0, 0.05) is 5.56 Å². The predicted molar refractivity (Wildman–Crippen MR) is 92.7 cm³/mol. The van der Waals surface area contributed by atoms with Gasteiger partial charge in [0.25, 0.3) is 5.89 Å². The van der Waals surface area contributed by atoms with Gasteiger partial charge in [0.2, 0.25) is 5.82 Å². The van der Waals surface area contributed by atoms with Gasteiger partial charge in [-0.1, -0.05) is 65.8 Å². The topological polar surface area (TPSA) is 60.5 Å². The van der Waals surface area contributed by atoms with Gasteiger partial charge in [-0.25, -0.2) is 0 Å². The molecule has 0 aliphatic carbocycles. The van der Waals surface area contributed by atoms with Crippen molar-refractivity contribution in [1.82, 2.24) is 10.1 Å². The van der Waals surface area contributed by atoms with Crippen LogP contribution >= 0.6 is 0 Å². The van der Waals surface area contributed by atoms with E-state index in [2.05, 4.69) is 34.4 Å². The van der Waals surface area contributed by atoms with Crippen LogP contribution in [0.15, 0.2) is 58.2 Å². The van der Waals surface area contributed by atoms with E-state index < -0.39 is 0 Å². The van der Waals surface area contributed by atoms with E-state index in [1.807, 2.05) is 43.3 Å². The van der Waals surface area contributed by atoms with E-state index in [1.54, 1.807) is 6.21 Å². The molecule has 1 heterocycles. The Morgan fingerprint density at radius 2 is 1.92 bits per heavy atom. The van der Waals surface area contributed by atoms with Crippen molar-refractivity contribution < 1.29 is 9.36 Å². The molecule has 0 spiro atoms. The van der Waals surface area contributed by atoms with Crippen molar-refractivity contribution in [2.24, 2.45) is 5.16 Å². The molecule has 122 valence electrons. The van der Waals surface area contributed by atoms with Crippen LogP contribution in [0.25, 0.3) is 11.4 Å². The van der Waals surface area contributed by atoms with Crippen LogP contribution in [0.1, 0.15) is 29.5 Å². The second-order valence-corrected chi connectivity index (χ2v) is 5.43. The van der Waals surface area contributed by atoms with Crippen molar-refractivity contribution in [3.8, 4) is 11.4 Å². The maximum absolute atomic E-state index is 5.23. The first-order valence-corrected chi connectivity index (χ1v) is 7.89. The van der Waals surface area contributed by atoms with Crippen LogP contribution in [0.2, 0.25) is 0 Å². The van der Waals surface area contributed by atoms with Crippen LogP contribution < -0.4 is 0 Å². The van der Waals surface area contributed by atoms with Gasteiger partial charge in [0.1, 0.15) is 0 Å². The summed E-state index contributed by atoms with van der Waals surface area (Å²) in [4.78, 5) is 9.56. The quantitative estimate of drug-likeness (QED) is 0.505. The highest BCUT2D eigenvalue weighted by atomic mass is 16.6. The number of nitrogens with zero attached hydrogens (tertiary/aromatic N) is 3.